The highest BCUT2D eigenvalue weighted by molar-refractivity contribution is 5.94. The van der Waals surface area contributed by atoms with Gasteiger partial charge in [-0.05, 0) is 66.9 Å². The monoisotopic (exact) mass is 555 g/mol. The number of para-hydroxylation sites is 1. The van der Waals surface area contributed by atoms with Gasteiger partial charge in [-0.3, -0.25) is 9.69 Å². The number of ether oxygens (including phenoxy) is 1. The van der Waals surface area contributed by atoms with Crippen LogP contribution in [-0.4, -0.2) is 61.6 Å². The quantitative estimate of drug-likeness (QED) is 0.330. The zero-order chi connectivity index (χ0) is 28.1. The number of rotatable bonds is 7. The molecule has 1 unspecified atom stereocenters. The van der Waals surface area contributed by atoms with Crippen molar-refractivity contribution in [3.05, 3.63) is 95.3 Å². The highest BCUT2D eigenvalue weighted by Crippen LogP contribution is 2.30. The number of likely N-dealkylation sites (tertiary alicyclic amines) is 1. The van der Waals surface area contributed by atoms with Gasteiger partial charge in [-0.15, -0.1) is 0 Å². The SMILES string of the molecule is O=C(c1ccc(C(F)(F)F)cc1)N1CCCC(COc2cccc(CN3CCN(c4ccccc4F)CC3)c2)C1. The van der Waals surface area contributed by atoms with Crippen LogP contribution in [-0.2, 0) is 12.7 Å². The summed E-state index contributed by atoms with van der Waals surface area (Å²) in [6, 6.07) is 19.3. The second kappa shape index (κ2) is 12.3. The maximum absolute atomic E-state index is 14.1. The van der Waals surface area contributed by atoms with E-state index in [0.717, 1.165) is 69.0 Å². The number of carbonyl (C=O) groups excluding carboxylic acids is 1. The van der Waals surface area contributed by atoms with Gasteiger partial charge in [0.25, 0.3) is 5.91 Å². The molecule has 0 aromatic heterocycles. The van der Waals surface area contributed by atoms with Crippen molar-refractivity contribution < 1.29 is 27.1 Å². The molecule has 5 nitrogen and oxygen atoms in total. The third-order valence-corrected chi connectivity index (χ3v) is 7.62. The largest absolute Gasteiger partial charge is 0.493 e. The number of amides is 1. The summed E-state index contributed by atoms with van der Waals surface area (Å²) < 4.78 is 58.8. The Hall–Kier alpha value is -3.59. The Morgan fingerprint density at radius 1 is 0.900 bits per heavy atom. The number of nitrogens with zero attached hydrogens (tertiary/aromatic N) is 3. The van der Waals surface area contributed by atoms with Crippen LogP contribution in [0.25, 0.3) is 0 Å². The molecule has 5 rings (SSSR count). The zero-order valence-electron chi connectivity index (χ0n) is 22.2. The molecule has 0 spiro atoms. The van der Waals surface area contributed by atoms with Crippen LogP contribution in [0.3, 0.4) is 0 Å². The van der Waals surface area contributed by atoms with E-state index in [1.807, 2.05) is 30.3 Å². The Balaban J connectivity index is 1.10. The summed E-state index contributed by atoms with van der Waals surface area (Å²) in [5.41, 5.74) is 1.29. The van der Waals surface area contributed by atoms with Crippen LogP contribution in [0.4, 0.5) is 23.2 Å². The Kier molecular flexibility index (Phi) is 8.59. The number of benzene rings is 3. The molecule has 0 bridgehead atoms. The summed E-state index contributed by atoms with van der Waals surface area (Å²) in [7, 11) is 0. The van der Waals surface area contributed by atoms with Crippen LogP contribution in [0, 0.1) is 11.7 Å². The van der Waals surface area contributed by atoms with Gasteiger partial charge in [-0.1, -0.05) is 24.3 Å². The number of hydrogen-bond donors (Lipinski definition) is 0. The molecule has 2 saturated heterocycles. The van der Waals surface area contributed by atoms with E-state index in [1.165, 1.54) is 18.2 Å². The fourth-order valence-electron chi connectivity index (χ4n) is 5.43. The molecule has 2 heterocycles. The van der Waals surface area contributed by atoms with Gasteiger partial charge in [0.15, 0.2) is 0 Å². The molecule has 0 radical (unpaired) electrons. The Labute approximate surface area is 231 Å². The van der Waals surface area contributed by atoms with Crippen LogP contribution >= 0.6 is 0 Å². The molecule has 0 saturated carbocycles. The number of hydrogen-bond acceptors (Lipinski definition) is 4. The number of carbonyl (C=O) groups is 1. The van der Waals surface area contributed by atoms with E-state index >= 15 is 0 Å². The van der Waals surface area contributed by atoms with Crippen molar-refractivity contribution in [2.75, 3.05) is 50.8 Å². The van der Waals surface area contributed by atoms with Crippen molar-refractivity contribution in [3.63, 3.8) is 0 Å². The van der Waals surface area contributed by atoms with E-state index in [-0.39, 0.29) is 23.2 Å². The fraction of sp³-hybridized carbons (Fsp3) is 0.387. The standard InChI is InChI=1S/C31H33F4N3O2/c32-28-8-1-2-9-29(28)37-17-15-36(16-18-37)20-23-5-3-7-27(19-23)40-22-24-6-4-14-38(21-24)30(39)25-10-12-26(13-11-25)31(33,34)35/h1-3,5,7-13,19,24H,4,6,14-18,20-22H2. The maximum Gasteiger partial charge on any atom is 0.416 e. The molecular weight excluding hydrogens is 522 g/mol. The lowest BCUT2D eigenvalue weighted by atomic mass is 9.98. The molecule has 212 valence electrons. The van der Waals surface area contributed by atoms with E-state index in [0.29, 0.717) is 25.4 Å². The van der Waals surface area contributed by atoms with Gasteiger partial charge >= 0.3 is 6.18 Å². The van der Waals surface area contributed by atoms with Gasteiger partial charge in [-0.25, -0.2) is 4.39 Å². The predicted octanol–water partition coefficient (Wildman–Crippen LogP) is 6.10. The summed E-state index contributed by atoms with van der Waals surface area (Å²) in [5, 5.41) is 0. The summed E-state index contributed by atoms with van der Waals surface area (Å²) in [5.74, 6) is 0.470. The molecule has 3 aromatic rings. The number of piperazine rings is 1. The molecule has 1 amide bonds. The first-order valence-corrected chi connectivity index (χ1v) is 13.7. The summed E-state index contributed by atoms with van der Waals surface area (Å²) in [6.07, 6.45) is -2.69. The lowest BCUT2D eigenvalue weighted by Crippen LogP contribution is -2.46. The number of anilines is 1. The van der Waals surface area contributed by atoms with Gasteiger partial charge in [0.1, 0.15) is 11.6 Å². The second-order valence-corrected chi connectivity index (χ2v) is 10.5. The first-order valence-electron chi connectivity index (χ1n) is 13.7. The second-order valence-electron chi connectivity index (χ2n) is 10.5. The van der Waals surface area contributed by atoms with Gasteiger partial charge < -0.3 is 14.5 Å². The van der Waals surface area contributed by atoms with E-state index in [1.54, 1.807) is 11.0 Å². The van der Waals surface area contributed by atoms with Crippen LogP contribution in [0.5, 0.6) is 5.75 Å². The number of alkyl halides is 3. The number of piperidine rings is 1. The smallest absolute Gasteiger partial charge is 0.416 e. The molecule has 3 aromatic carbocycles. The zero-order valence-corrected chi connectivity index (χ0v) is 22.2. The minimum absolute atomic E-state index is 0.141. The highest BCUT2D eigenvalue weighted by atomic mass is 19.4. The molecule has 2 aliphatic heterocycles. The van der Waals surface area contributed by atoms with Gasteiger partial charge in [0.2, 0.25) is 0 Å². The Bertz CT molecular complexity index is 1290. The maximum atomic E-state index is 14.1. The lowest BCUT2D eigenvalue weighted by Gasteiger charge is -2.36. The fourth-order valence-corrected chi connectivity index (χ4v) is 5.43. The van der Waals surface area contributed by atoms with Crippen LogP contribution in [0.15, 0.2) is 72.8 Å². The van der Waals surface area contributed by atoms with Crippen LogP contribution < -0.4 is 9.64 Å². The van der Waals surface area contributed by atoms with Crippen LogP contribution in [0.1, 0.15) is 34.3 Å². The normalized spacial score (nSPS) is 18.6. The average molecular weight is 556 g/mol. The molecule has 2 aliphatic rings. The van der Waals surface area contributed by atoms with Gasteiger partial charge in [-0.2, -0.15) is 13.2 Å². The van der Waals surface area contributed by atoms with Crippen molar-refractivity contribution >= 4 is 11.6 Å². The minimum atomic E-state index is -4.43. The van der Waals surface area contributed by atoms with Crippen molar-refractivity contribution in [3.8, 4) is 5.75 Å². The molecule has 0 N–H and O–H groups in total. The van der Waals surface area contributed by atoms with E-state index in [2.05, 4.69) is 15.9 Å². The third kappa shape index (κ3) is 6.94. The topological polar surface area (TPSA) is 36.0 Å². The molecule has 0 aliphatic carbocycles. The Morgan fingerprint density at radius 3 is 2.38 bits per heavy atom. The van der Waals surface area contributed by atoms with Gasteiger partial charge in [0, 0.05) is 57.3 Å². The Morgan fingerprint density at radius 2 is 1.65 bits per heavy atom. The van der Waals surface area contributed by atoms with Crippen molar-refractivity contribution in [2.45, 2.75) is 25.6 Å². The molecule has 2 fully saturated rings. The summed E-state index contributed by atoms with van der Waals surface area (Å²) in [6.45, 7) is 5.53. The first kappa shape index (κ1) is 28.0. The van der Waals surface area contributed by atoms with Crippen molar-refractivity contribution in [1.82, 2.24) is 9.80 Å². The van der Waals surface area contributed by atoms with E-state index in [4.69, 9.17) is 4.74 Å². The highest BCUT2D eigenvalue weighted by Gasteiger charge is 2.31. The third-order valence-electron chi connectivity index (χ3n) is 7.62. The summed E-state index contributed by atoms with van der Waals surface area (Å²) in [4.78, 5) is 19.0. The lowest BCUT2D eigenvalue weighted by molar-refractivity contribution is -0.137. The van der Waals surface area contributed by atoms with Crippen molar-refractivity contribution in [1.29, 1.82) is 0 Å². The predicted molar refractivity (Wildman–Crippen MR) is 146 cm³/mol. The summed E-state index contributed by atoms with van der Waals surface area (Å²) >= 11 is 0. The van der Waals surface area contributed by atoms with Crippen molar-refractivity contribution in [2.24, 2.45) is 5.92 Å². The van der Waals surface area contributed by atoms with Gasteiger partial charge in [0.05, 0.1) is 17.9 Å². The van der Waals surface area contributed by atoms with E-state index in [9.17, 15) is 22.4 Å². The average Bonchev–Trinajstić information content (AvgIpc) is 2.96. The molecule has 9 heteroatoms. The molecule has 40 heavy (non-hydrogen) atoms. The molecule has 1 atom stereocenters. The minimum Gasteiger partial charge on any atom is -0.493 e. The number of halogens is 4. The first-order chi connectivity index (χ1) is 19.3. The molecular formula is C31H33F4N3O2. The van der Waals surface area contributed by atoms with E-state index < -0.39 is 11.7 Å². The van der Waals surface area contributed by atoms with Crippen LogP contribution in [0.2, 0.25) is 0 Å².